The number of rotatable bonds is 6. The van der Waals surface area contributed by atoms with Gasteiger partial charge in [-0.05, 0) is 68.8 Å². The van der Waals surface area contributed by atoms with E-state index in [1.807, 2.05) is 6.20 Å². The minimum atomic E-state index is -0.461. The van der Waals surface area contributed by atoms with Gasteiger partial charge in [0.25, 0.3) is 11.8 Å². The summed E-state index contributed by atoms with van der Waals surface area (Å²) in [6, 6.07) is 0. The number of nitrogens with zero attached hydrogens (tertiary/aromatic N) is 4. The first kappa shape index (κ1) is 20.6. The van der Waals surface area contributed by atoms with Crippen molar-refractivity contribution < 1.29 is 19.1 Å². The maximum absolute atomic E-state index is 12.3. The zero-order chi connectivity index (χ0) is 22.2. The predicted molar refractivity (Wildman–Crippen MR) is 116 cm³/mol. The Labute approximate surface area is 185 Å². The van der Waals surface area contributed by atoms with E-state index in [1.54, 1.807) is 0 Å². The van der Waals surface area contributed by atoms with Crippen molar-refractivity contribution in [1.29, 1.82) is 0 Å². The molecule has 2 aromatic rings. The third kappa shape index (κ3) is 3.97. The molecule has 1 fully saturated rings. The van der Waals surface area contributed by atoms with Gasteiger partial charge in [0.2, 0.25) is 0 Å². The van der Waals surface area contributed by atoms with E-state index in [2.05, 4.69) is 39.4 Å². The molecular formula is C22H26N6O4. The third-order valence-electron chi connectivity index (χ3n) is 6.27. The Morgan fingerprint density at radius 2 is 2.03 bits per heavy atom. The highest BCUT2D eigenvalue weighted by Crippen LogP contribution is 2.30. The first-order chi connectivity index (χ1) is 15.5. The molecule has 0 saturated carbocycles. The number of anilines is 2. The highest BCUT2D eigenvalue weighted by Gasteiger charge is 2.34. The van der Waals surface area contributed by atoms with Crippen LogP contribution < -0.4 is 20.3 Å². The molecule has 1 saturated heterocycles. The maximum atomic E-state index is 12.3. The van der Waals surface area contributed by atoms with Crippen molar-refractivity contribution in [2.24, 2.45) is 5.92 Å². The zero-order valence-electron chi connectivity index (χ0n) is 18.2. The number of carbonyl (C=O) groups is 2. The number of hydrogen-bond donors (Lipinski definition) is 2. The minimum Gasteiger partial charge on any atom is -0.465 e. The SMILES string of the molecule is Cc1cnc(C)c2c1CC(CNCCC1CN(c3cnc4c(n3)NC(=O)CO4)C(=O)O1)C2. The number of aromatic nitrogens is 3. The molecule has 2 amide bonds. The molecule has 0 aromatic carbocycles. The standard InChI is InChI=1S/C22H26N6O4/c1-12-7-24-13(2)17-6-14(5-16(12)17)8-23-4-3-15-10-28(22(30)32-15)18-9-25-21-20(26-18)27-19(29)11-31-21/h7,9,14-15,23H,3-6,8,10-11H2,1-2H3,(H,26,27,29). The van der Waals surface area contributed by atoms with Crippen LogP contribution in [0.5, 0.6) is 5.88 Å². The first-order valence-electron chi connectivity index (χ1n) is 10.9. The molecule has 2 unspecified atom stereocenters. The molecule has 2 aromatic heterocycles. The number of ether oxygens (including phenoxy) is 2. The molecule has 0 radical (unpaired) electrons. The molecule has 2 N–H and O–H groups in total. The Hall–Kier alpha value is -3.27. The largest absolute Gasteiger partial charge is 0.465 e. The van der Waals surface area contributed by atoms with Gasteiger partial charge in [-0.3, -0.25) is 14.7 Å². The van der Waals surface area contributed by atoms with E-state index in [9.17, 15) is 9.59 Å². The Bertz CT molecular complexity index is 1040. The summed E-state index contributed by atoms with van der Waals surface area (Å²) in [6.45, 7) is 6.20. The van der Waals surface area contributed by atoms with Crippen LogP contribution in [0.3, 0.4) is 0 Å². The van der Waals surface area contributed by atoms with Crippen LogP contribution in [0.25, 0.3) is 0 Å². The summed E-state index contributed by atoms with van der Waals surface area (Å²) in [5, 5.41) is 6.12. The topological polar surface area (TPSA) is 119 Å². The molecule has 3 aliphatic rings. The number of fused-ring (bicyclic) bond motifs is 2. The van der Waals surface area contributed by atoms with Crippen molar-refractivity contribution in [3.05, 3.63) is 34.8 Å². The van der Waals surface area contributed by atoms with Crippen LogP contribution in [-0.4, -0.2) is 59.3 Å². The van der Waals surface area contributed by atoms with E-state index in [1.165, 1.54) is 27.8 Å². The molecule has 5 rings (SSSR count). The van der Waals surface area contributed by atoms with Gasteiger partial charge in [-0.15, -0.1) is 0 Å². The van der Waals surface area contributed by atoms with Gasteiger partial charge < -0.3 is 20.1 Å². The van der Waals surface area contributed by atoms with Crippen molar-refractivity contribution in [1.82, 2.24) is 20.3 Å². The van der Waals surface area contributed by atoms with Gasteiger partial charge in [-0.2, -0.15) is 0 Å². The van der Waals surface area contributed by atoms with Crippen molar-refractivity contribution >= 4 is 23.6 Å². The smallest absolute Gasteiger partial charge is 0.415 e. The average molecular weight is 438 g/mol. The van der Waals surface area contributed by atoms with Gasteiger partial charge in [0.15, 0.2) is 18.2 Å². The number of hydrogen-bond acceptors (Lipinski definition) is 8. The molecule has 0 spiro atoms. The van der Waals surface area contributed by atoms with Crippen LogP contribution in [0.15, 0.2) is 12.4 Å². The van der Waals surface area contributed by atoms with Crippen LogP contribution in [-0.2, 0) is 22.4 Å². The number of cyclic esters (lactones) is 1. The quantitative estimate of drug-likeness (QED) is 0.652. The number of nitrogens with one attached hydrogen (secondary N) is 2. The number of pyridine rings is 1. The monoisotopic (exact) mass is 438 g/mol. The van der Waals surface area contributed by atoms with Gasteiger partial charge in [-0.1, -0.05) is 0 Å². The van der Waals surface area contributed by atoms with E-state index < -0.39 is 6.09 Å². The molecule has 2 atom stereocenters. The highest BCUT2D eigenvalue weighted by molar-refractivity contribution is 5.94. The lowest BCUT2D eigenvalue weighted by molar-refractivity contribution is -0.118. The van der Waals surface area contributed by atoms with E-state index in [4.69, 9.17) is 9.47 Å². The second-order valence-corrected chi connectivity index (χ2v) is 8.59. The van der Waals surface area contributed by atoms with Gasteiger partial charge in [0.05, 0.1) is 12.7 Å². The molecule has 32 heavy (non-hydrogen) atoms. The summed E-state index contributed by atoms with van der Waals surface area (Å²) in [5.74, 6) is 1.06. The van der Waals surface area contributed by atoms with E-state index in [0.29, 0.717) is 24.7 Å². The van der Waals surface area contributed by atoms with Crippen LogP contribution >= 0.6 is 0 Å². The second kappa shape index (κ2) is 8.34. The molecule has 1 aliphatic carbocycles. The van der Waals surface area contributed by atoms with Crippen molar-refractivity contribution in [2.75, 3.05) is 36.5 Å². The number of amides is 2. The van der Waals surface area contributed by atoms with Crippen LogP contribution in [0.4, 0.5) is 16.4 Å². The van der Waals surface area contributed by atoms with Crippen molar-refractivity contribution in [3.63, 3.8) is 0 Å². The normalized spacial score (nSPS) is 21.6. The summed E-state index contributed by atoms with van der Waals surface area (Å²) in [5.41, 5.74) is 5.28. The van der Waals surface area contributed by atoms with E-state index in [0.717, 1.165) is 31.6 Å². The Kier molecular flexibility index (Phi) is 5.38. The molecule has 2 aliphatic heterocycles. The molecule has 4 heterocycles. The highest BCUT2D eigenvalue weighted by atomic mass is 16.6. The number of aryl methyl sites for hydroxylation is 2. The van der Waals surface area contributed by atoms with Crippen LogP contribution in [0, 0.1) is 19.8 Å². The summed E-state index contributed by atoms with van der Waals surface area (Å²) in [6.07, 6.45) is 5.59. The summed E-state index contributed by atoms with van der Waals surface area (Å²) in [4.78, 5) is 38.2. The van der Waals surface area contributed by atoms with Gasteiger partial charge in [0.1, 0.15) is 6.10 Å². The van der Waals surface area contributed by atoms with Crippen molar-refractivity contribution in [3.8, 4) is 5.88 Å². The fraction of sp³-hybridized carbons (Fsp3) is 0.500. The maximum Gasteiger partial charge on any atom is 0.415 e. The summed E-state index contributed by atoms with van der Waals surface area (Å²) in [7, 11) is 0. The lowest BCUT2D eigenvalue weighted by Gasteiger charge is -2.18. The third-order valence-corrected chi connectivity index (χ3v) is 6.27. The predicted octanol–water partition coefficient (Wildman–Crippen LogP) is 1.54. The minimum absolute atomic E-state index is 0.0924. The Morgan fingerprint density at radius 1 is 1.19 bits per heavy atom. The molecule has 10 heteroatoms. The van der Waals surface area contributed by atoms with Crippen LogP contribution in [0.1, 0.15) is 28.8 Å². The van der Waals surface area contributed by atoms with Gasteiger partial charge in [-0.25, -0.2) is 14.8 Å². The lowest BCUT2D eigenvalue weighted by atomic mass is 10.1. The fourth-order valence-electron chi connectivity index (χ4n) is 4.57. The summed E-state index contributed by atoms with van der Waals surface area (Å²) >= 11 is 0. The van der Waals surface area contributed by atoms with Crippen LogP contribution in [0.2, 0.25) is 0 Å². The molecule has 0 bridgehead atoms. The van der Waals surface area contributed by atoms with Gasteiger partial charge in [0, 0.05) is 11.9 Å². The number of carbonyl (C=O) groups excluding carboxylic acids is 2. The fourth-order valence-corrected chi connectivity index (χ4v) is 4.57. The molecule has 10 nitrogen and oxygen atoms in total. The lowest BCUT2D eigenvalue weighted by Crippen LogP contribution is -2.30. The second-order valence-electron chi connectivity index (χ2n) is 8.59. The summed E-state index contributed by atoms with van der Waals surface area (Å²) < 4.78 is 10.7. The van der Waals surface area contributed by atoms with Crippen molar-refractivity contribution in [2.45, 2.75) is 39.2 Å². The molecular weight excluding hydrogens is 412 g/mol. The zero-order valence-corrected chi connectivity index (χ0v) is 18.2. The van der Waals surface area contributed by atoms with E-state index >= 15 is 0 Å². The average Bonchev–Trinajstić information content (AvgIpc) is 3.38. The molecule has 168 valence electrons. The van der Waals surface area contributed by atoms with E-state index in [-0.39, 0.29) is 30.3 Å². The van der Waals surface area contributed by atoms with Gasteiger partial charge >= 0.3 is 6.09 Å². The Balaban J connectivity index is 1.11. The first-order valence-corrected chi connectivity index (χ1v) is 10.9. The Morgan fingerprint density at radius 3 is 2.88 bits per heavy atom.